The summed E-state index contributed by atoms with van der Waals surface area (Å²) in [6, 6.07) is 2.79. The number of nitro benzene ring substituents is 1. The maximum atomic E-state index is 10.9. The summed E-state index contributed by atoms with van der Waals surface area (Å²) in [6.07, 6.45) is 0.365. The molecule has 0 aromatic heterocycles. The molecule has 2 N–H and O–H groups in total. The van der Waals surface area contributed by atoms with Gasteiger partial charge < -0.3 is 10.5 Å². The van der Waals surface area contributed by atoms with E-state index < -0.39 is 4.92 Å². The lowest BCUT2D eigenvalue weighted by atomic mass is 10.0. The minimum absolute atomic E-state index is 0.0541. The number of hydrogen-bond donors (Lipinski definition) is 1. The molecular weight excluding hydrogens is 244 g/mol. The molecule has 1 rings (SSSR count). The van der Waals surface area contributed by atoms with Crippen molar-refractivity contribution in [3.8, 4) is 0 Å². The highest BCUT2D eigenvalue weighted by molar-refractivity contribution is 6.31. The lowest BCUT2D eigenvalue weighted by Crippen LogP contribution is -2.28. The molecule has 94 valence electrons. The molecule has 17 heavy (non-hydrogen) atoms. The number of nitro groups is 1. The van der Waals surface area contributed by atoms with Crippen LogP contribution in [0.2, 0.25) is 5.02 Å². The fourth-order valence-corrected chi connectivity index (χ4v) is 1.78. The van der Waals surface area contributed by atoms with E-state index in [1.807, 2.05) is 0 Å². The van der Waals surface area contributed by atoms with Crippen LogP contribution >= 0.6 is 11.6 Å². The van der Waals surface area contributed by atoms with Crippen molar-refractivity contribution >= 4 is 17.3 Å². The summed E-state index contributed by atoms with van der Waals surface area (Å²) < 4.78 is 4.90. The average Bonchev–Trinajstić information content (AvgIpc) is 2.23. The summed E-state index contributed by atoms with van der Waals surface area (Å²) in [6.45, 7) is 2.08. The summed E-state index contributed by atoms with van der Waals surface area (Å²) in [5.74, 6) is 0. The normalized spacial score (nSPS) is 12.5. The van der Waals surface area contributed by atoms with Crippen LogP contribution in [0.4, 0.5) is 5.69 Å². The smallest absolute Gasteiger partial charge is 0.273 e. The molecular formula is C11H15ClN2O3. The van der Waals surface area contributed by atoms with E-state index >= 15 is 0 Å². The molecule has 0 heterocycles. The number of halogens is 1. The molecule has 1 atom stereocenters. The SMILES string of the molecule is COCC(N)Cc1cc(Cl)c(C)cc1[N+](=O)[O-]. The Morgan fingerprint density at radius 1 is 1.59 bits per heavy atom. The first-order chi connectivity index (χ1) is 7.95. The van der Waals surface area contributed by atoms with Crippen molar-refractivity contribution < 1.29 is 9.66 Å². The minimum atomic E-state index is -0.418. The summed E-state index contributed by atoms with van der Waals surface area (Å²) in [5, 5.41) is 11.4. The third-order valence-corrected chi connectivity index (χ3v) is 2.83. The van der Waals surface area contributed by atoms with Gasteiger partial charge in [0.2, 0.25) is 0 Å². The minimum Gasteiger partial charge on any atom is -0.383 e. The average molecular weight is 259 g/mol. The monoisotopic (exact) mass is 258 g/mol. The maximum Gasteiger partial charge on any atom is 0.273 e. The van der Waals surface area contributed by atoms with Gasteiger partial charge in [0.1, 0.15) is 0 Å². The molecule has 5 nitrogen and oxygen atoms in total. The molecule has 0 saturated carbocycles. The number of aryl methyl sites for hydroxylation is 1. The van der Waals surface area contributed by atoms with Crippen molar-refractivity contribution in [1.29, 1.82) is 0 Å². The standard InChI is InChI=1S/C11H15ClN2O3/c1-7-3-11(14(15)16)8(5-10(7)12)4-9(13)6-17-2/h3,5,9H,4,6,13H2,1-2H3. The Morgan fingerprint density at radius 3 is 2.76 bits per heavy atom. The largest absolute Gasteiger partial charge is 0.383 e. The van der Waals surface area contributed by atoms with Crippen LogP contribution in [-0.2, 0) is 11.2 Å². The summed E-state index contributed by atoms with van der Waals surface area (Å²) in [5.41, 5.74) is 7.06. The summed E-state index contributed by atoms with van der Waals surface area (Å²) >= 11 is 5.96. The van der Waals surface area contributed by atoms with Gasteiger partial charge in [-0.25, -0.2) is 0 Å². The first-order valence-electron chi connectivity index (χ1n) is 5.13. The number of rotatable bonds is 5. The lowest BCUT2D eigenvalue weighted by molar-refractivity contribution is -0.385. The molecule has 1 aromatic carbocycles. The van der Waals surface area contributed by atoms with Crippen molar-refractivity contribution in [2.24, 2.45) is 5.73 Å². The number of nitrogens with zero attached hydrogens (tertiary/aromatic N) is 1. The Kier molecular flexibility index (Phi) is 4.86. The van der Waals surface area contributed by atoms with Crippen molar-refractivity contribution in [2.45, 2.75) is 19.4 Å². The van der Waals surface area contributed by atoms with Gasteiger partial charge in [-0.3, -0.25) is 10.1 Å². The summed E-state index contributed by atoms with van der Waals surface area (Å²) in [4.78, 5) is 10.5. The third kappa shape index (κ3) is 3.66. The van der Waals surface area contributed by atoms with Gasteiger partial charge in [0, 0.05) is 29.8 Å². The predicted molar refractivity (Wildman–Crippen MR) is 66.4 cm³/mol. The lowest BCUT2D eigenvalue weighted by Gasteiger charge is -2.11. The fraction of sp³-hybridized carbons (Fsp3) is 0.455. The first kappa shape index (κ1) is 13.9. The van der Waals surface area contributed by atoms with Crippen LogP contribution in [0.5, 0.6) is 0 Å². The molecule has 0 bridgehead atoms. The highest BCUT2D eigenvalue weighted by atomic mass is 35.5. The molecule has 0 saturated heterocycles. The quantitative estimate of drug-likeness (QED) is 0.648. The topological polar surface area (TPSA) is 78.4 Å². The Hall–Kier alpha value is -1.17. The zero-order chi connectivity index (χ0) is 13.0. The van der Waals surface area contributed by atoms with Gasteiger partial charge in [-0.2, -0.15) is 0 Å². The van der Waals surface area contributed by atoms with Crippen LogP contribution < -0.4 is 5.73 Å². The van der Waals surface area contributed by atoms with E-state index in [-0.39, 0.29) is 11.7 Å². The number of ether oxygens (including phenoxy) is 1. The third-order valence-electron chi connectivity index (χ3n) is 2.42. The van der Waals surface area contributed by atoms with Crippen LogP contribution in [0, 0.1) is 17.0 Å². The molecule has 6 heteroatoms. The second-order valence-electron chi connectivity index (χ2n) is 3.91. The fourth-order valence-electron chi connectivity index (χ4n) is 1.60. The van der Waals surface area contributed by atoms with Gasteiger partial charge >= 0.3 is 0 Å². The van der Waals surface area contributed by atoms with Gasteiger partial charge in [-0.15, -0.1) is 0 Å². The Bertz CT molecular complexity index is 423. The van der Waals surface area contributed by atoms with Gasteiger partial charge in [-0.05, 0) is 25.0 Å². The van der Waals surface area contributed by atoms with Gasteiger partial charge in [-0.1, -0.05) is 11.6 Å². The molecule has 0 amide bonds. The molecule has 0 aliphatic rings. The van der Waals surface area contributed by atoms with Crippen LogP contribution in [0.15, 0.2) is 12.1 Å². The van der Waals surface area contributed by atoms with Crippen LogP contribution in [-0.4, -0.2) is 24.7 Å². The van der Waals surface area contributed by atoms with Gasteiger partial charge in [0.05, 0.1) is 11.5 Å². The van der Waals surface area contributed by atoms with E-state index in [2.05, 4.69) is 0 Å². The van der Waals surface area contributed by atoms with Crippen molar-refractivity contribution in [3.05, 3.63) is 38.4 Å². The Labute approximate surface area is 105 Å². The maximum absolute atomic E-state index is 10.9. The first-order valence-corrected chi connectivity index (χ1v) is 5.51. The van der Waals surface area contributed by atoms with E-state index in [9.17, 15) is 10.1 Å². The van der Waals surface area contributed by atoms with E-state index in [1.54, 1.807) is 13.0 Å². The molecule has 1 unspecified atom stereocenters. The highest BCUT2D eigenvalue weighted by Gasteiger charge is 2.18. The number of methoxy groups -OCH3 is 1. The van der Waals surface area contributed by atoms with E-state index in [4.69, 9.17) is 22.1 Å². The molecule has 0 aliphatic heterocycles. The zero-order valence-corrected chi connectivity index (χ0v) is 10.5. The van der Waals surface area contributed by atoms with Crippen LogP contribution in [0.1, 0.15) is 11.1 Å². The number of nitrogens with two attached hydrogens (primary N) is 1. The molecule has 1 aromatic rings. The van der Waals surface area contributed by atoms with Crippen LogP contribution in [0.25, 0.3) is 0 Å². The van der Waals surface area contributed by atoms with Crippen LogP contribution in [0.3, 0.4) is 0 Å². The van der Waals surface area contributed by atoms with Crippen molar-refractivity contribution in [1.82, 2.24) is 0 Å². The second-order valence-corrected chi connectivity index (χ2v) is 4.31. The predicted octanol–water partition coefficient (Wildman–Crippen LogP) is 2.07. The van der Waals surface area contributed by atoms with Crippen molar-refractivity contribution in [3.63, 3.8) is 0 Å². The molecule has 0 fully saturated rings. The van der Waals surface area contributed by atoms with Crippen molar-refractivity contribution in [2.75, 3.05) is 13.7 Å². The summed E-state index contributed by atoms with van der Waals surface area (Å²) in [7, 11) is 1.54. The zero-order valence-electron chi connectivity index (χ0n) is 9.77. The number of hydrogen-bond acceptors (Lipinski definition) is 4. The second kappa shape index (κ2) is 5.95. The van der Waals surface area contributed by atoms with E-state index in [0.717, 1.165) is 0 Å². The van der Waals surface area contributed by atoms with Gasteiger partial charge in [0.25, 0.3) is 5.69 Å². The number of benzene rings is 1. The molecule has 0 radical (unpaired) electrons. The molecule has 0 spiro atoms. The van der Waals surface area contributed by atoms with Gasteiger partial charge in [0.15, 0.2) is 0 Å². The molecule has 0 aliphatic carbocycles. The van der Waals surface area contributed by atoms with E-state index in [0.29, 0.717) is 29.2 Å². The Morgan fingerprint density at radius 2 is 2.24 bits per heavy atom. The Balaban J connectivity index is 3.04. The van der Waals surface area contributed by atoms with E-state index in [1.165, 1.54) is 13.2 Å². The highest BCUT2D eigenvalue weighted by Crippen LogP contribution is 2.27.